The number of hydrogen-bond acceptors (Lipinski definition) is 6. The van der Waals surface area contributed by atoms with Crippen molar-refractivity contribution in [2.45, 2.75) is 45.6 Å². The number of benzene rings is 1. The van der Waals surface area contributed by atoms with Gasteiger partial charge in [-0.2, -0.15) is 5.10 Å². The molecule has 0 saturated heterocycles. The molecular weight excluding hydrogens is 342 g/mol. The highest BCUT2D eigenvalue weighted by Gasteiger charge is 2.35. The van der Waals surface area contributed by atoms with Gasteiger partial charge in [-0.15, -0.1) is 0 Å². The summed E-state index contributed by atoms with van der Waals surface area (Å²) in [5.41, 5.74) is 6.56. The number of aromatic nitrogens is 1. The van der Waals surface area contributed by atoms with Crippen molar-refractivity contribution in [2.75, 3.05) is 16.9 Å². The first-order valence-electron chi connectivity index (χ1n) is 9.13. The van der Waals surface area contributed by atoms with Gasteiger partial charge in [0, 0.05) is 23.8 Å². The zero-order valence-corrected chi connectivity index (χ0v) is 16.1. The Morgan fingerprint density at radius 3 is 2.81 bits per heavy atom. The number of anilines is 2. The lowest BCUT2D eigenvalue weighted by molar-refractivity contribution is -0.385. The van der Waals surface area contributed by atoms with E-state index in [0.29, 0.717) is 11.7 Å². The second-order valence-corrected chi connectivity index (χ2v) is 7.51. The lowest BCUT2D eigenvalue weighted by atomic mass is 9.79. The number of fused-ring (bicyclic) bond motifs is 1. The van der Waals surface area contributed by atoms with E-state index in [4.69, 9.17) is 0 Å². The normalized spacial score (nSPS) is 18.4. The first-order chi connectivity index (χ1) is 12.8. The number of nitrogens with one attached hydrogen (secondary N) is 1. The van der Waals surface area contributed by atoms with Gasteiger partial charge in [0.05, 0.1) is 11.1 Å². The fourth-order valence-electron chi connectivity index (χ4n) is 3.92. The van der Waals surface area contributed by atoms with Gasteiger partial charge >= 0.3 is 0 Å². The minimum absolute atomic E-state index is 0.0448. The fourth-order valence-corrected chi connectivity index (χ4v) is 3.92. The number of pyridine rings is 1. The molecule has 0 radical (unpaired) electrons. The van der Waals surface area contributed by atoms with E-state index in [1.165, 1.54) is 29.6 Å². The van der Waals surface area contributed by atoms with Crippen LogP contribution in [0.4, 0.5) is 17.2 Å². The van der Waals surface area contributed by atoms with Gasteiger partial charge in [-0.3, -0.25) is 15.5 Å². The molecule has 27 heavy (non-hydrogen) atoms. The molecule has 0 aliphatic carbocycles. The maximum Gasteiger partial charge on any atom is 0.287 e. The van der Waals surface area contributed by atoms with E-state index in [2.05, 4.69) is 66.3 Å². The Balaban J connectivity index is 1.76. The van der Waals surface area contributed by atoms with Crippen molar-refractivity contribution >= 4 is 23.4 Å². The molecule has 2 aromatic rings. The van der Waals surface area contributed by atoms with E-state index in [1.54, 1.807) is 6.21 Å². The Morgan fingerprint density at radius 1 is 1.41 bits per heavy atom. The molecule has 1 aliphatic heterocycles. The highest BCUT2D eigenvalue weighted by molar-refractivity contribution is 5.82. The Hall–Kier alpha value is -2.96. The molecule has 2 heterocycles. The predicted octanol–water partition coefficient (Wildman–Crippen LogP) is 4.55. The number of nitro groups is 1. The molecule has 1 aromatic carbocycles. The third-order valence-electron chi connectivity index (χ3n) is 5.08. The first kappa shape index (κ1) is 18.8. The number of nitrogens with zero attached hydrogens (tertiary/aromatic N) is 4. The molecule has 3 rings (SSSR count). The molecular formula is C20H25N5O2. The average Bonchev–Trinajstić information content (AvgIpc) is 2.62. The van der Waals surface area contributed by atoms with E-state index in [1.807, 2.05) is 0 Å². The minimum atomic E-state index is -0.477. The van der Waals surface area contributed by atoms with Crippen LogP contribution in [-0.2, 0) is 0 Å². The Bertz CT molecular complexity index is 861. The van der Waals surface area contributed by atoms with Gasteiger partial charge in [0.15, 0.2) is 0 Å². The molecule has 0 fully saturated rings. The molecule has 1 aliphatic rings. The zero-order chi connectivity index (χ0) is 19.6. The van der Waals surface area contributed by atoms with Gasteiger partial charge < -0.3 is 4.90 Å². The van der Waals surface area contributed by atoms with E-state index in [-0.39, 0.29) is 11.2 Å². The summed E-state index contributed by atoms with van der Waals surface area (Å²) in [6.45, 7) is 10.0. The van der Waals surface area contributed by atoms with Crippen LogP contribution < -0.4 is 10.3 Å². The summed E-state index contributed by atoms with van der Waals surface area (Å²) < 4.78 is 0. The zero-order valence-electron chi connectivity index (χ0n) is 16.1. The van der Waals surface area contributed by atoms with Crippen molar-refractivity contribution in [2.24, 2.45) is 5.10 Å². The van der Waals surface area contributed by atoms with Crippen LogP contribution in [0.3, 0.4) is 0 Å². The van der Waals surface area contributed by atoms with Crippen molar-refractivity contribution in [3.05, 3.63) is 57.8 Å². The monoisotopic (exact) mass is 367 g/mol. The molecule has 7 heteroatoms. The second-order valence-electron chi connectivity index (χ2n) is 7.51. The van der Waals surface area contributed by atoms with Gasteiger partial charge in [0.25, 0.3) is 5.69 Å². The lowest BCUT2D eigenvalue weighted by Gasteiger charge is -2.47. The van der Waals surface area contributed by atoms with Crippen LogP contribution in [0, 0.1) is 10.1 Å². The highest BCUT2D eigenvalue weighted by Crippen LogP contribution is 2.43. The summed E-state index contributed by atoms with van der Waals surface area (Å²) in [6, 6.07) is 9.34. The number of rotatable bonds is 5. The van der Waals surface area contributed by atoms with Crippen LogP contribution in [0.15, 0.2) is 41.6 Å². The first-order valence-corrected chi connectivity index (χ1v) is 9.13. The van der Waals surface area contributed by atoms with Crippen LogP contribution in [0.5, 0.6) is 0 Å². The summed E-state index contributed by atoms with van der Waals surface area (Å²) in [5, 5.41) is 14.9. The molecule has 7 nitrogen and oxygen atoms in total. The molecule has 0 saturated carbocycles. The van der Waals surface area contributed by atoms with Crippen LogP contribution in [-0.4, -0.2) is 28.2 Å². The van der Waals surface area contributed by atoms with Gasteiger partial charge in [-0.05, 0) is 62.4 Å². The van der Waals surface area contributed by atoms with Gasteiger partial charge in [-0.1, -0.05) is 13.0 Å². The minimum Gasteiger partial charge on any atom is -0.366 e. The summed E-state index contributed by atoms with van der Waals surface area (Å²) in [5.74, 6) is 0.942. The van der Waals surface area contributed by atoms with Gasteiger partial charge in [0.1, 0.15) is 12.0 Å². The Morgan fingerprint density at radius 2 is 2.19 bits per heavy atom. The number of hydrazone groups is 1. The van der Waals surface area contributed by atoms with Crippen molar-refractivity contribution in [3.63, 3.8) is 0 Å². The molecule has 0 amide bonds. The second kappa shape index (κ2) is 7.34. The molecule has 1 N–H and O–H groups in total. The summed E-state index contributed by atoms with van der Waals surface area (Å²) in [6.07, 6.45) is 4.06. The molecule has 1 atom stereocenters. The van der Waals surface area contributed by atoms with Crippen LogP contribution in [0.1, 0.15) is 51.2 Å². The smallest absolute Gasteiger partial charge is 0.287 e. The third-order valence-corrected chi connectivity index (χ3v) is 5.08. The topological polar surface area (TPSA) is 83.7 Å². The van der Waals surface area contributed by atoms with E-state index in [0.717, 1.165) is 18.5 Å². The van der Waals surface area contributed by atoms with Crippen molar-refractivity contribution in [3.8, 4) is 0 Å². The largest absolute Gasteiger partial charge is 0.366 e. The Kier molecular flexibility index (Phi) is 5.12. The predicted molar refractivity (Wildman–Crippen MR) is 109 cm³/mol. The maximum atomic E-state index is 10.7. The summed E-state index contributed by atoms with van der Waals surface area (Å²) in [7, 11) is 0. The Labute approximate surface area is 159 Å². The highest BCUT2D eigenvalue weighted by atomic mass is 16.6. The van der Waals surface area contributed by atoms with E-state index < -0.39 is 4.92 Å². The number of hydrogen-bond donors (Lipinski definition) is 1. The molecule has 142 valence electrons. The SMILES string of the molecule is CCN1c2ccc(/C=N\Nc3ccc([N+](=O)[O-])cn3)cc2[C@@H](C)CC1(C)C. The van der Waals surface area contributed by atoms with E-state index in [9.17, 15) is 10.1 Å². The molecule has 0 bridgehead atoms. The maximum absolute atomic E-state index is 10.7. The standard InChI is InChI=1S/C20H25N5O2/c1-5-24-18-8-6-15(10-17(18)14(2)11-20(24,3)4)12-22-23-19-9-7-16(13-21-19)25(26)27/h6-10,12-14H,5,11H2,1-4H3,(H,21,23)/b22-12-/t14-/m0/s1. The van der Waals surface area contributed by atoms with Crippen molar-refractivity contribution in [1.82, 2.24) is 4.98 Å². The summed E-state index contributed by atoms with van der Waals surface area (Å²) in [4.78, 5) is 16.6. The lowest BCUT2D eigenvalue weighted by Crippen LogP contribution is -2.48. The van der Waals surface area contributed by atoms with Gasteiger partial charge in [-0.25, -0.2) is 4.98 Å². The van der Waals surface area contributed by atoms with Crippen LogP contribution in [0.2, 0.25) is 0 Å². The fraction of sp³-hybridized carbons (Fsp3) is 0.400. The third kappa shape index (κ3) is 3.92. The average molecular weight is 367 g/mol. The molecule has 1 aromatic heterocycles. The molecule has 0 spiro atoms. The van der Waals surface area contributed by atoms with Crippen LogP contribution in [0.25, 0.3) is 0 Å². The quantitative estimate of drug-likeness (QED) is 0.476. The van der Waals surface area contributed by atoms with Crippen molar-refractivity contribution < 1.29 is 4.92 Å². The van der Waals surface area contributed by atoms with E-state index >= 15 is 0 Å². The molecule has 0 unspecified atom stereocenters. The van der Waals surface area contributed by atoms with Crippen LogP contribution >= 0.6 is 0 Å². The van der Waals surface area contributed by atoms with Gasteiger partial charge in [0.2, 0.25) is 0 Å². The van der Waals surface area contributed by atoms with Crippen molar-refractivity contribution in [1.29, 1.82) is 0 Å². The summed E-state index contributed by atoms with van der Waals surface area (Å²) >= 11 is 0.